The number of hydrogen-bond donors (Lipinski definition) is 2. The molecule has 1 fully saturated rings. The molecule has 1 aliphatic carbocycles. The van der Waals surface area contributed by atoms with Crippen LogP contribution < -0.4 is 15.6 Å². The van der Waals surface area contributed by atoms with Gasteiger partial charge >= 0.3 is 0 Å². The molecule has 0 radical (unpaired) electrons. The molecule has 4 heterocycles. The fourth-order valence-corrected chi connectivity index (χ4v) is 8.32. The van der Waals surface area contributed by atoms with Gasteiger partial charge in [0, 0.05) is 30.2 Å². The number of pyridine rings is 1. The largest absolute Gasteiger partial charge is 0.344 e. The number of nitrogens with one attached hydrogen (secondary N) is 2. The van der Waals surface area contributed by atoms with Gasteiger partial charge in [-0.15, -0.1) is 0 Å². The van der Waals surface area contributed by atoms with Crippen LogP contribution >= 0.6 is 11.6 Å². The summed E-state index contributed by atoms with van der Waals surface area (Å²) < 4.78 is 104. The highest BCUT2D eigenvalue weighted by molar-refractivity contribution is 7.92. The van der Waals surface area contributed by atoms with Crippen LogP contribution in [0.15, 0.2) is 83.8 Å². The Labute approximate surface area is 355 Å². The predicted octanol–water partition coefficient (Wildman–Crippen LogP) is 7.88. The topological polar surface area (TPSA) is 159 Å². The van der Waals surface area contributed by atoms with Crippen LogP contribution in [0.3, 0.4) is 0 Å². The van der Waals surface area contributed by atoms with E-state index in [2.05, 4.69) is 25.2 Å². The molecule has 0 saturated heterocycles. The van der Waals surface area contributed by atoms with Crippen LogP contribution in [-0.4, -0.2) is 61.1 Å². The van der Waals surface area contributed by atoms with Crippen LogP contribution in [0, 0.1) is 23.4 Å². The molecule has 2 atom stereocenters. The number of anilines is 1. The Kier molecular flexibility index (Phi) is 11.4. The van der Waals surface area contributed by atoms with E-state index in [0.717, 1.165) is 46.2 Å². The minimum atomic E-state index is -4.06. The molecule has 1 saturated carbocycles. The predicted molar refractivity (Wildman–Crippen MR) is 222 cm³/mol. The molecule has 0 bridgehead atoms. The van der Waals surface area contributed by atoms with Gasteiger partial charge in [-0.2, -0.15) is 10.2 Å². The minimum absolute atomic E-state index is 0.0293. The molecule has 1 unspecified atom stereocenters. The lowest BCUT2D eigenvalue weighted by Crippen LogP contribution is -2.41. The number of carbonyl (C=O) groups excluding carboxylic acids is 1. The minimum Gasteiger partial charge on any atom is -0.344 e. The first-order chi connectivity index (χ1) is 29.4. The normalized spacial score (nSPS) is 14.2. The summed E-state index contributed by atoms with van der Waals surface area (Å²) in [6, 6.07) is 13.3. The highest BCUT2D eigenvalue weighted by Crippen LogP contribution is 2.40. The first-order valence-corrected chi connectivity index (χ1v) is 21.7. The monoisotopic (exact) mass is 893 g/mol. The molecule has 1 amide bonds. The molecule has 1 aliphatic rings. The lowest BCUT2D eigenvalue weighted by molar-refractivity contribution is -0.126. The molecule has 3 aromatic carbocycles. The van der Waals surface area contributed by atoms with E-state index >= 15 is 9.18 Å². The fraction of sp³-hybridized carbons (Fsp3) is 0.286. The first kappa shape index (κ1) is 42.5. The van der Waals surface area contributed by atoms with Crippen LogP contribution in [0.1, 0.15) is 61.8 Å². The average Bonchev–Trinajstić information content (AvgIpc) is 3.83. The molecule has 2 N–H and O–H groups in total. The van der Waals surface area contributed by atoms with E-state index in [1.807, 2.05) is 6.07 Å². The van der Waals surface area contributed by atoms with Gasteiger partial charge < -0.3 is 5.32 Å². The number of aromatic nitrogens is 7. The zero-order chi connectivity index (χ0) is 44.2. The Morgan fingerprint density at radius 3 is 2.34 bits per heavy atom. The van der Waals surface area contributed by atoms with Crippen molar-refractivity contribution in [1.29, 1.82) is 0 Å². The first-order valence-electron chi connectivity index (χ1n) is 19.4. The molecule has 62 heavy (non-hydrogen) atoms. The van der Waals surface area contributed by atoms with E-state index in [1.54, 1.807) is 26.1 Å². The van der Waals surface area contributed by atoms with Crippen molar-refractivity contribution in [2.45, 2.75) is 64.1 Å². The van der Waals surface area contributed by atoms with Crippen molar-refractivity contribution in [2.75, 3.05) is 11.0 Å². The number of fused-ring (bicyclic) bond motifs is 2. The SMILES string of the molecule is CC(C)C(C(=O)N[C@@H](Cc1cc(F)cc(F)c1)c1nc2nc(-c3ccccc3F)ccc2c(=O)n1-c1ccc(Cl)c2c(NS(C)(=O)=O)nn(CC(F)F)c12)n1ccc(C2CC2)n1. The molecule has 7 aromatic rings. The van der Waals surface area contributed by atoms with Gasteiger partial charge in [0.2, 0.25) is 15.9 Å². The second-order valence-corrected chi connectivity index (χ2v) is 17.6. The molecular weight excluding hydrogens is 857 g/mol. The maximum Gasteiger partial charge on any atom is 0.267 e. The van der Waals surface area contributed by atoms with Gasteiger partial charge in [0.1, 0.15) is 35.9 Å². The van der Waals surface area contributed by atoms with Crippen molar-refractivity contribution in [1.82, 2.24) is 39.4 Å². The van der Waals surface area contributed by atoms with Crippen molar-refractivity contribution >= 4 is 55.3 Å². The van der Waals surface area contributed by atoms with Gasteiger partial charge in [-0.3, -0.25) is 28.2 Å². The third-order valence-corrected chi connectivity index (χ3v) is 11.2. The maximum atomic E-state index is 15.1. The van der Waals surface area contributed by atoms with E-state index in [9.17, 15) is 30.8 Å². The number of hydrogen-bond acceptors (Lipinski definition) is 8. The number of amides is 1. The van der Waals surface area contributed by atoms with Crippen LogP contribution in [-0.2, 0) is 27.8 Å². The van der Waals surface area contributed by atoms with Crippen molar-refractivity contribution in [3.63, 3.8) is 0 Å². The van der Waals surface area contributed by atoms with Gasteiger partial charge in [-0.05, 0) is 78.9 Å². The maximum absolute atomic E-state index is 15.1. The zero-order valence-electron chi connectivity index (χ0n) is 33.2. The third-order valence-electron chi connectivity index (χ3n) is 10.4. The molecule has 20 heteroatoms. The number of sulfonamides is 1. The zero-order valence-corrected chi connectivity index (χ0v) is 34.7. The summed E-state index contributed by atoms with van der Waals surface area (Å²) in [6.45, 7) is 2.52. The van der Waals surface area contributed by atoms with Crippen LogP contribution in [0.25, 0.3) is 38.9 Å². The molecule has 322 valence electrons. The summed E-state index contributed by atoms with van der Waals surface area (Å²) in [6.07, 6.45) is 0.998. The molecule has 0 spiro atoms. The lowest BCUT2D eigenvalue weighted by Gasteiger charge is -2.27. The van der Waals surface area contributed by atoms with Crippen molar-refractivity contribution in [2.24, 2.45) is 5.92 Å². The second-order valence-electron chi connectivity index (χ2n) is 15.5. The molecule has 13 nitrogen and oxygen atoms in total. The number of halogens is 6. The fourth-order valence-electron chi connectivity index (χ4n) is 7.58. The summed E-state index contributed by atoms with van der Waals surface area (Å²) >= 11 is 6.62. The van der Waals surface area contributed by atoms with Gasteiger partial charge in [0.25, 0.3) is 12.0 Å². The summed E-state index contributed by atoms with van der Waals surface area (Å²) in [7, 11) is -4.06. The number of alkyl halides is 2. The summed E-state index contributed by atoms with van der Waals surface area (Å²) in [5.74, 6) is -3.93. The van der Waals surface area contributed by atoms with Crippen molar-refractivity contribution in [3.8, 4) is 16.9 Å². The summed E-state index contributed by atoms with van der Waals surface area (Å²) in [5.41, 5.74) is -0.491. The number of carbonyl (C=O) groups is 1. The van der Waals surface area contributed by atoms with E-state index < -0.39 is 76.2 Å². The van der Waals surface area contributed by atoms with Gasteiger partial charge in [0.15, 0.2) is 11.5 Å². The van der Waals surface area contributed by atoms with Crippen LogP contribution in [0.4, 0.5) is 27.8 Å². The average molecular weight is 894 g/mol. The van der Waals surface area contributed by atoms with Crippen molar-refractivity contribution in [3.05, 3.63) is 129 Å². The summed E-state index contributed by atoms with van der Waals surface area (Å²) in [4.78, 5) is 39.1. The Bertz CT molecular complexity index is 3040. The Balaban J connectivity index is 1.41. The van der Waals surface area contributed by atoms with Gasteiger partial charge in [0.05, 0.1) is 50.7 Å². The van der Waals surface area contributed by atoms with Gasteiger partial charge in [-0.25, -0.2) is 40.3 Å². The number of rotatable bonds is 14. The molecule has 0 aliphatic heterocycles. The quantitative estimate of drug-likeness (QED) is 0.104. The Morgan fingerprint density at radius 1 is 0.952 bits per heavy atom. The summed E-state index contributed by atoms with van der Waals surface area (Å²) in [5, 5.41) is 11.3. The number of benzene rings is 3. The third kappa shape index (κ3) is 8.63. The number of nitrogens with zero attached hydrogens (tertiary/aromatic N) is 7. The van der Waals surface area contributed by atoms with E-state index in [-0.39, 0.29) is 67.1 Å². The Hall–Kier alpha value is -6.21. The van der Waals surface area contributed by atoms with E-state index in [1.165, 1.54) is 47.1 Å². The van der Waals surface area contributed by atoms with Crippen LogP contribution in [0.5, 0.6) is 0 Å². The highest BCUT2D eigenvalue weighted by atomic mass is 35.5. The van der Waals surface area contributed by atoms with E-state index in [0.29, 0.717) is 6.07 Å². The highest BCUT2D eigenvalue weighted by Gasteiger charge is 2.34. The van der Waals surface area contributed by atoms with Crippen molar-refractivity contribution < 1.29 is 35.2 Å². The molecular formula is C42H37ClF5N9O4S. The lowest BCUT2D eigenvalue weighted by atomic mass is 10.0. The van der Waals surface area contributed by atoms with Gasteiger partial charge in [-0.1, -0.05) is 37.6 Å². The molecule has 8 rings (SSSR count). The molecule has 4 aromatic heterocycles. The standard InChI is InChI=1S/C42H37ClF5N9O4S/c1-21(2)36(55-15-14-30(52-55)23-8-9-23)41(58)50-32(18-22-16-24(44)19-25(45)17-22)40-51-38-27(10-12-31(49-38)26-6-4-5-7-29(26)46)42(59)57(40)33-13-11-28(43)35-37(33)56(20-34(47)48)53-39(35)54-62(3,60)61/h4-7,10-17,19,21,23,32,34,36H,8-9,18,20H2,1-3H3,(H,50,58)(H,53,54)/t32-,36?/m0/s1. The second kappa shape index (κ2) is 16.6. The smallest absolute Gasteiger partial charge is 0.267 e. The van der Waals surface area contributed by atoms with E-state index in [4.69, 9.17) is 16.6 Å². The van der Waals surface area contributed by atoms with Crippen LogP contribution in [0.2, 0.25) is 5.02 Å². The Morgan fingerprint density at radius 2 is 1.68 bits per heavy atom.